The number of nitrogens with zero attached hydrogens (tertiary/aromatic N) is 3. The Balaban J connectivity index is 2.13. The molecule has 1 unspecified atom stereocenters. The van der Waals surface area contributed by atoms with Crippen LogP contribution in [0.4, 0.5) is 0 Å². The third kappa shape index (κ3) is 4.95. The molecule has 31 heavy (non-hydrogen) atoms. The first-order chi connectivity index (χ1) is 14.7. The monoisotopic (exact) mass is 421 g/mol. The molecule has 3 rings (SSSR count). The van der Waals surface area contributed by atoms with Crippen molar-refractivity contribution in [3.63, 3.8) is 0 Å². The fourth-order valence-electron chi connectivity index (χ4n) is 3.44. The zero-order valence-corrected chi connectivity index (χ0v) is 19.2. The van der Waals surface area contributed by atoms with E-state index in [-0.39, 0.29) is 18.2 Å². The lowest BCUT2D eigenvalue weighted by Crippen LogP contribution is -2.13. The molecule has 0 radical (unpaired) electrons. The lowest BCUT2D eigenvalue weighted by Gasteiger charge is -2.21. The van der Waals surface area contributed by atoms with Crippen LogP contribution in [-0.4, -0.2) is 34.8 Å². The fraction of sp³-hybridized carbons (Fsp3) is 0.400. The summed E-state index contributed by atoms with van der Waals surface area (Å²) in [5.41, 5.74) is 6.09. The van der Waals surface area contributed by atoms with Crippen LogP contribution in [0.5, 0.6) is 0 Å². The standard InChI is InChI=1S/C25H31N3O3/c1-8-21(29)30-15-31-24(23-16(3)17(4)27-28(23)9-2)22(20-14-26-20)18-10-12-19(13-11-18)25(5,6)7/h8,10-14,20H,1,9,15H2,2-7H3/b24-22+. The average Bonchev–Trinajstić information content (AvgIpc) is 3.52. The Morgan fingerprint density at radius 3 is 2.35 bits per heavy atom. The van der Waals surface area contributed by atoms with E-state index in [1.807, 2.05) is 31.7 Å². The van der Waals surface area contributed by atoms with E-state index in [0.29, 0.717) is 12.3 Å². The number of aromatic nitrogens is 2. The average molecular weight is 422 g/mol. The first-order valence-electron chi connectivity index (χ1n) is 10.5. The van der Waals surface area contributed by atoms with Crippen LogP contribution in [0.2, 0.25) is 0 Å². The van der Waals surface area contributed by atoms with Crippen LogP contribution < -0.4 is 0 Å². The van der Waals surface area contributed by atoms with Crippen molar-refractivity contribution >= 4 is 23.5 Å². The third-order valence-corrected chi connectivity index (χ3v) is 5.41. The van der Waals surface area contributed by atoms with Gasteiger partial charge < -0.3 is 9.47 Å². The molecule has 1 aromatic carbocycles. The van der Waals surface area contributed by atoms with Gasteiger partial charge >= 0.3 is 5.97 Å². The molecule has 1 aliphatic heterocycles. The number of hydrogen-bond donors (Lipinski definition) is 0. The Bertz CT molecular complexity index is 1030. The van der Waals surface area contributed by atoms with E-state index in [0.717, 1.165) is 34.2 Å². The topological polar surface area (TPSA) is 65.7 Å². The number of hydrogen-bond acceptors (Lipinski definition) is 5. The molecule has 0 amide bonds. The molecule has 1 aromatic heterocycles. The molecule has 0 saturated heterocycles. The van der Waals surface area contributed by atoms with Gasteiger partial charge in [-0.1, -0.05) is 51.6 Å². The Morgan fingerprint density at radius 1 is 1.19 bits per heavy atom. The van der Waals surface area contributed by atoms with Crippen molar-refractivity contribution in [2.45, 2.75) is 59.5 Å². The minimum absolute atomic E-state index is 0.0608. The van der Waals surface area contributed by atoms with E-state index in [1.165, 1.54) is 5.56 Å². The number of esters is 1. The predicted molar refractivity (Wildman–Crippen MR) is 124 cm³/mol. The summed E-state index contributed by atoms with van der Waals surface area (Å²) in [5.74, 6) is 0.0952. The molecule has 164 valence electrons. The fourth-order valence-corrected chi connectivity index (χ4v) is 3.44. The summed E-state index contributed by atoms with van der Waals surface area (Å²) in [6.45, 7) is 16.5. The van der Waals surface area contributed by atoms with Gasteiger partial charge in [-0.25, -0.2) is 4.79 Å². The Kier molecular flexibility index (Phi) is 6.48. The number of ether oxygens (including phenoxy) is 2. The van der Waals surface area contributed by atoms with Crippen molar-refractivity contribution in [2.75, 3.05) is 6.79 Å². The smallest absolute Gasteiger partial charge is 0.333 e. The maximum Gasteiger partial charge on any atom is 0.333 e. The minimum atomic E-state index is -0.532. The molecule has 2 aromatic rings. The summed E-state index contributed by atoms with van der Waals surface area (Å²) in [7, 11) is 0. The summed E-state index contributed by atoms with van der Waals surface area (Å²) in [5, 5.41) is 4.65. The van der Waals surface area contributed by atoms with Crippen molar-refractivity contribution < 1.29 is 14.3 Å². The van der Waals surface area contributed by atoms with Crippen molar-refractivity contribution in [1.29, 1.82) is 0 Å². The predicted octanol–water partition coefficient (Wildman–Crippen LogP) is 4.84. The second kappa shape index (κ2) is 8.92. The Labute approximate surface area is 184 Å². The number of carbonyl (C=O) groups is 1. The highest BCUT2D eigenvalue weighted by Gasteiger charge is 2.30. The summed E-state index contributed by atoms with van der Waals surface area (Å²) >= 11 is 0. The van der Waals surface area contributed by atoms with Gasteiger partial charge in [0, 0.05) is 30.0 Å². The van der Waals surface area contributed by atoms with Crippen LogP contribution in [0.1, 0.15) is 55.8 Å². The maximum atomic E-state index is 11.6. The van der Waals surface area contributed by atoms with Crippen LogP contribution >= 0.6 is 0 Å². The normalized spacial score (nSPS) is 16.0. The van der Waals surface area contributed by atoms with Gasteiger partial charge in [-0.15, -0.1) is 0 Å². The van der Waals surface area contributed by atoms with E-state index in [1.54, 1.807) is 0 Å². The number of aryl methyl sites for hydroxylation is 2. The number of benzene rings is 1. The molecular weight excluding hydrogens is 390 g/mol. The third-order valence-electron chi connectivity index (χ3n) is 5.41. The molecule has 1 aliphatic rings. The van der Waals surface area contributed by atoms with Gasteiger partial charge in [-0.05, 0) is 37.3 Å². The lowest BCUT2D eigenvalue weighted by molar-refractivity contribution is -0.145. The Morgan fingerprint density at radius 2 is 1.84 bits per heavy atom. The van der Waals surface area contributed by atoms with E-state index >= 15 is 0 Å². The van der Waals surface area contributed by atoms with Crippen molar-refractivity contribution in [2.24, 2.45) is 4.99 Å². The number of aliphatic imine (C=N–C) groups is 1. The molecule has 0 saturated carbocycles. The zero-order chi connectivity index (χ0) is 22.8. The van der Waals surface area contributed by atoms with Crippen molar-refractivity contribution in [3.05, 3.63) is 65.0 Å². The highest BCUT2D eigenvalue weighted by Crippen LogP contribution is 2.37. The summed E-state index contributed by atoms with van der Waals surface area (Å²) in [6, 6.07) is 8.41. The van der Waals surface area contributed by atoms with Gasteiger partial charge in [0.05, 0.1) is 5.69 Å². The summed E-state index contributed by atoms with van der Waals surface area (Å²) in [4.78, 5) is 16.0. The zero-order valence-electron chi connectivity index (χ0n) is 19.2. The van der Waals surface area contributed by atoms with Gasteiger partial charge in [0.25, 0.3) is 0 Å². The molecule has 6 heteroatoms. The molecule has 0 fully saturated rings. The van der Waals surface area contributed by atoms with Crippen LogP contribution in [0.15, 0.2) is 41.9 Å². The van der Waals surface area contributed by atoms with Crippen molar-refractivity contribution in [3.8, 4) is 0 Å². The summed E-state index contributed by atoms with van der Waals surface area (Å²) in [6.07, 6.45) is 3.01. The van der Waals surface area contributed by atoms with Gasteiger partial charge in [-0.2, -0.15) is 5.10 Å². The molecule has 0 bridgehead atoms. The highest BCUT2D eigenvalue weighted by atomic mass is 16.7. The summed E-state index contributed by atoms with van der Waals surface area (Å²) < 4.78 is 13.1. The first kappa shape index (κ1) is 22.5. The molecular formula is C25H31N3O3. The minimum Gasteiger partial charge on any atom is -0.455 e. The van der Waals surface area contributed by atoms with Crippen LogP contribution in [0.25, 0.3) is 11.3 Å². The van der Waals surface area contributed by atoms with E-state index in [9.17, 15) is 4.79 Å². The van der Waals surface area contributed by atoms with Gasteiger partial charge in [0.2, 0.25) is 6.79 Å². The molecule has 0 spiro atoms. The van der Waals surface area contributed by atoms with E-state index < -0.39 is 5.97 Å². The number of rotatable bonds is 8. The largest absolute Gasteiger partial charge is 0.455 e. The van der Waals surface area contributed by atoms with Crippen molar-refractivity contribution in [1.82, 2.24) is 9.78 Å². The molecule has 1 atom stereocenters. The maximum absolute atomic E-state index is 11.6. The SMILES string of the molecule is C=CC(=O)OCO/C(=C(\c1ccc(C(C)(C)C)cc1)C1C=N1)c1c(C)c(C)nn1CC. The molecule has 2 heterocycles. The van der Waals surface area contributed by atoms with Gasteiger partial charge in [0.15, 0.2) is 5.76 Å². The Hall–Kier alpha value is -3.15. The lowest BCUT2D eigenvalue weighted by atomic mass is 9.85. The van der Waals surface area contributed by atoms with Gasteiger partial charge in [-0.3, -0.25) is 9.67 Å². The van der Waals surface area contributed by atoms with E-state index in [4.69, 9.17) is 9.47 Å². The second-order valence-electron chi connectivity index (χ2n) is 8.62. The highest BCUT2D eigenvalue weighted by molar-refractivity contribution is 6.04. The second-order valence-corrected chi connectivity index (χ2v) is 8.62. The van der Waals surface area contributed by atoms with Gasteiger partial charge in [0.1, 0.15) is 11.7 Å². The number of carbonyl (C=O) groups excluding carboxylic acids is 1. The molecule has 6 nitrogen and oxygen atoms in total. The van der Waals surface area contributed by atoms with Crippen LogP contribution in [0, 0.1) is 13.8 Å². The molecule has 0 N–H and O–H groups in total. The van der Waals surface area contributed by atoms with Crippen LogP contribution in [-0.2, 0) is 26.2 Å². The molecule has 0 aliphatic carbocycles. The quantitative estimate of drug-likeness (QED) is 0.265. The van der Waals surface area contributed by atoms with E-state index in [2.05, 4.69) is 61.7 Å². The first-order valence-corrected chi connectivity index (χ1v) is 10.5. The van der Waals surface area contributed by atoms with Crippen LogP contribution in [0.3, 0.4) is 0 Å².